The molecule has 34 heavy (non-hydrogen) atoms. The first kappa shape index (κ1) is 23.4. The monoisotopic (exact) mass is 477 g/mol. The van der Waals surface area contributed by atoms with E-state index in [4.69, 9.17) is 4.74 Å². The first-order valence-electron chi connectivity index (χ1n) is 10.6. The van der Waals surface area contributed by atoms with Gasteiger partial charge in [0.15, 0.2) is 14.9 Å². The fourth-order valence-corrected chi connectivity index (χ4v) is 4.28. The zero-order valence-electron chi connectivity index (χ0n) is 18.8. The lowest BCUT2D eigenvalue weighted by atomic mass is 9.99. The van der Waals surface area contributed by atoms with Gasteiger partial charge in [0.25, 0.3) is 5.91 Å². The third-order valence-corrected chi connectivity index (χ3v) is 6.46. The van der Waals surface area contributed by atoms with Gasteiger partial charge in [0.2, 0.25) is 0 Å². The highest BCUT2D eigenvalue weighted by Crippen LogP contribution is 2.30. The molecule has 1 N–H and O–H groups in total. The van der Waals surface area contributed by atoms with Crippen LogP contribution in [-0.2, 0) is 14.6 Å². The Hall–Kier alpha value is -3.81. The highest BCUT2D eigenvalue weighted by Gasteiger charge is 2.18. The van der Waals surface area contributed by atoms with Crippen molar-refractivity contribution in [3.8, 4) is 17.2 Å². The van der Waals surface area contributed by atoms with Gasteiger partial charge in [0.05, 0.1) is 18.8 Å². The van der Waals surface area contributed by atoms with Crippen molar-refractivity contribution < 1.29 is 17.9 Å². The molecule has 0 radical (unpaired) electrons. The molecule has 2 aromatic heterocycles. The topological polar surface area (TPSA) is 125 Å². The number of nitrogens with one attached hydrogen (secondary N) is 1. The summed E-state index contributed by atoms with van der Waals surface area (Å²) in [4.78, 5) is 23.1. The van der Waals surface area contributed by atoms with Gasteiger partial charge in [-0.15, -0.1) is 0 Å². The molecule has 1 aliphatic rings. The average Bonchev–Trinajstić information content (AvgIpc) is 2.85. The second-order valence-corrected chi connectivity index (χ2v) is 9.91. The lowest BCUT2D eigenvalue weighted by molar-refractivity contribution is 0.102. The summed E-state index contributed by atoms with van der Waals surface area (Å²) in [6.45, 7) is 4.48. The maximum atomic E-state index is 12.7. The molecule has 10 heteroatoms. The maximum Gasteiger partial charge on any atom is 0.255 e. The van der Waals surface area contributed by atoms with Crippen LogP contribution in [0.5, 0.6) is 0 Å². The molecule has 1 fully saturated rings. The Morgan fingerprint density at radius 3 is 2.62 bits per heavy atom. The summed E-state index contributed by atoms with van der Waals surface area (Å²) >= 11 is 0. The molecule has 1 amide bonds. The second-order valence-electron chi connectivity index (χ2n) is 7.95. The third kappa shape index (κ3) is 5.06. The van der Waals surface area contributed by atoms with Gasteiger partial charge in [-0.2, -0.15) is 5.26 Å². The van der Waals surface area contributed by atoms with Gasteiger partial charge in [0.1, 0.15) is 11.9 Å². The lowest BCUT2D eigenvalue weighted by Gasteiger charge is -2.28. The summed E-state index contributed by atoms with van der Waals surface area (Å²) in [6.07, 6.45) is 4.05. The third-order valence-electron chi connectivity index (χ3n) is 5.48. The average molecular weight is 478 g/mol. The highest BCUT2D eigenvalue weighted by atomic mass is 32.2. The summed E-state index contributed by atoms with van der Waals surface area (Å²) in [5.74, 6) is 0.177. The molecule has 3 heterocycles. The van der Waals surface area contributed by atoms with Crippen LogP contribution in [0.3, 0.4) is 0 Å². The number of ether oxygens (including phenoxy) is 1. The molecule has 9 nitrogen and oxygen atoms in total. The maximum absolute atomic E-state index is 12.7. The smallest absolute Gasteiger partial charge is 0.255 e. The number of amides is 1. The molecule has 1 aliphatic heterocycles. The van der Waals surface area contributed by atoms with E-state index in [1.807, 2.05) is 17.9 Å². The van der Waals surface area contributed by atoms with Gasteiger partial charge in [-0.3, -0.25) is 4.79 Å². The van der Waals surface area contributed by atoms with Crippen molar-refractivity contribution in [3.63, 3.8) is 0 Å². The van der Waals surface area contributed by atoms with E-state index in [9.17, 15) is 18.5 Å². The molecule has 0 atom stereocenters. The highest BCUT2D eigenvalue weighted by molar-refractivity contribution is 7.90. The van der Waals surface area contributed by atoms with E-state index in [-0.39, 0.29) is 10.6 Å². The van der Waals surface area contributed by atoms with Gasteiger partial charge >= 0.3 is 0 Å². The molecular weight excluding hydrogens is 454 g/mol. The Labute approximate surface area is 198 Å². The number of hydrogen-bond acceptors (Lipinski definition) is 8. The Balaban J connectivity index is 1.61. The van der Waals surface area contributed by atoms with Crippen LogP contribution >= 0.6 is 0 Å². The first-order chi connectivity index (χ1) is 16.3. The summed E-state index contributed by atoms with van der Waals surface area (Å²) in [5, 5.41) is 12.3. The van der Waals surface area contributed by atoms with Crippen molar-refractivity contribution in [1.82, 2.24) is 9.97 Å². The van der Waals surface area contributed by atoms with Gasteiger partial charge in [-0.05, 0) is 48.4 Å². The number of carbonyl (C=O) groups is 1. The standard InChI is InChI=1S/C24H23N5O4S/c1-16-3-4-20(28-24(30)17-5-6-26-22(12-17)34(2,31)32)13-21(16)19-11-18(14-25)23(27-15-19)29-7-9-33-10-8-29/h3-6,11-13,15H,7-10H2,1-2H3,(H,28,30). The van der Waals surface area contributed by atoms with Crippen LogP contribution in [0, 0.1) is 18.3 Å². The summed E-state index contributed by atoms with van der Waals surface area (Å²) < 4.78 is 28.9. The van der Waals surface area contributed by atoms with E-state index < -0.39 is 15.7 Å². The van der Waals surface area contributed by atoms with Crippen molar-refractivity contribution >= 4 is 27.2 Å². The van der Waals surface area contributed by atoms with Gasteiger partial charge in [-0.1, -0.05) is 6.07 Å². The Morgan fingerprint density at radius 2 is 1.91 bits per heavy atom. The van der Waals surface area contributed by atoms with Gasteiger partial charge < -0.3 is 15.0 Å². The number of morpholine rings is 1. The van der Waals surface area contributed by atoms with Crippen molar-refractivity contribution in [2.75, 3.05) is 42.8 Å². The first-order valence-corrected chi connectivity index (χ1v) is 12.5. The summed E-state index contributed by atoms with van der Waals surface area (Å²) in [5.41, 5.74) is 3.71. The molecule has 3 aromatic rings. The molecular formula is C24H23N5O4S. The number of anilines is 2. The quantitative estimate of drug-likeness (QED) is 0.595. The minimum absolute atomic E-state index is 0.166. The Kier molecular flexibility index (Phi) is 6.58. The number of sulfone groups is 1. The molecule has 0 saturated carbocycles. The normalized spacial score (nSPS) is 13.9. The number of aromatic nitrogens is 2. The number of benzene rings is 1. The number of carbonyl (C=O) groups excluding carboxylic acids is 1. The SMILES string of the molecule is Cc1ccc(NC(=O)c2ccnc(S(C)(=O)=O)c2)cc1-c1cnc(N2CCOCC2)c(C#N)c1. The molecule has 0 unspecified atom stereocenters. The Bertz CT molecular complexity index is 1390. The fourth-order valence-electron chi connectivity index (χ4n) is 3.68. The number of rotatable bonds is 5. The number of pyridine rings is 2. The minimum atomic E-state index is -3.53. The number of hydrogen-bond donors (Lipinski definition) is 1. The largest absolute Gasteiger partial charge is 0.378 e. The van der Waals surface area contributed by atoms with Gasteiger partial charge in [-0.25, -0.2) is 18.4 Å². The summed E-state index contributed by atoms with van der Waals surface area (Å²) in [6, 6.07) is 12.2. The number of nitrogens with zero attached hydrogens (tertiary/aromatic N) is 4. The molecule has 4 rings (SSSR count). The summed E-state index contributed by atoms with van der Waals surface area (Å²) in [7, 11) is -3.53. The minimum Gasteiger partial charge on any atom is -0.378 e. The van der Waals surface area contributed by atoms with Crippen molar-refractivity contribution in [3.05, 3.63) is 65.5 Å². The molecule has 0 bridgehead atoms. The molecule has 1 aromatic carbocycles. The second kappa shape index (κ2) is 9.59. The van der Waals surface area contributed by atoms with Crippen LogP contribution in [0.4, 0.5) is 11.5 Å². The van der Waals surface area contributed by atoms with E-state index in [1.165, 1.54) is 18.3 Å². The molecule has 0 spiro atoms. The van der Waals surface area contributed by atoms with Crippen LogP contribution in [0.25, 0.3) is 11.1 Å². The van der Waals surface area contributed by atoms with Crippen molar-refractivity contribution in [2.45, 2.75) is 11.9 Å². The predicted octanol–water partition coefficient (Wildman–Crippen LogP) is 2.82. The van der Waals surface area contributed by atoms with E-state index in [0.29, 0.717) is 43.4 Å². The molecule has 1 saturated heterocycles. The molecule has 0 aliphatic carbocycles. The molecule has 174 valence electrons. The number of aryl methyl sites for hydroxylation is 1. The van der Waals surface area contributed by atoms with E-state index in [0.717, 1.165) is 22.9 Å². The van der Waals surface area contributed by atoms with Crippen LogP contribution in [-0.4, -0.2) is 56.9 Å². The van der Waals surface area contributed by atoms with E-state index in [2.05, 4.69) is 21.4 Å². The zero-order chi connectivity index (χ0) is 24.3. The van der Waals surface area contributed by atoms with Crippen LogP contribution < -0.4 is 10.2 Å². The zero-order valence-corrected chi connectivity index (χ0v) is 19.6. The predicted molar refractivity (Wildman–Crippen MR) is 127 cm³/mol. The number of nitriles is 1. The fraction of sp³-hybridized carbons (Fsp3) is 0.250. The van der Waals surface area contributed by atoms with Crippen LogP contribution in [0.15, 0.2) is 53.8 Å². The van der Waals surface area contributed by atoms with E-state index >= 15 is 0 Å². The Morgan fingerprint density at radius 1 is 1.15 bits per heavy atom. The van der Waals surface area contributed by atoms with E-state index in [1.54, 1.807) is 24.4 Å². The van der Waals surface area contributed by atoms with Crippen LogP contribution in [0.1, 0.15) is 21.5 Å². The van der Waals surface area contributed by atoms with Crippen LogP contribution in [0.2, 0.25) is 0 Å². The van der Waals surface area contributed by atoms with Crippen molar-refractivity contribution in [2.24, 2.45) is 0 Å². The lowest BCUT2D eigenvalue weighted by Crippen LogP contribution is -2.37. The van der Waals surface area contributed by atoms with Gasteiger partial charge in [0, 0.05) is 48.6 Å². The van der Waals surface area contributed by atoms with Crippen molar-refractivity contribution in [1.29, 1.82) is 5.26 Å².